The quantitative estimate of drug-likeness (QED) is 0.166. The predicted octanol–water partition coefficient (Wildman–Crippen LogP) is 14.9. The highest BCUT2D eigenvalue weighted by Crippen LogP contribution is 2.59. The SMILES string of the molecule is CC(C)(C)c1ccc(N2B3c4c(cc5ccccc5c4-c4ccc5c(c42)C(C)(C)c2ccccc2-5)N(c2ccc(C(C)(C)C)cc2-c2ccccc2)c2oc4ccccc4c23)cc1. The Morgan fingerprint density at radius 1 is 0.524 bits per heavy atom. The maximum Gasteiger partial charge on any atom is 0.337 e. The monoisotopic (exact) mass is 814 g/mol. The molecule has 3 aliphatic rings. The first-order chi connectivity index (χ1) is 30.3. The van der Waals surface area contributed by atoms with Gasteiger partial charge in [0.1, 0.15) is 5.58 Å². The lowest BCUT2D eigenvalue weighted by molar-refractivity contribution is 0.590. The van der Waals surface area contributed by atoms with Gasteiger partial charge in [0.25, 0.3) is 0 Å². The lowest BCUT2D eigenvalue weighted by atomic mass is 9.43. The van der Waals surface area contributed by atoms with Crippen LogP contribution in [0.1, 0.15) is 77.6 Å². The third-order valence-electron chi connectivity index (χ3n) is 14.3. The highest BCUT2D eigenvalue weighted by Gasteiger charge is 2.51. The summed E-state index contributed by atoms with van der Waals surface area (Å²) in [6, 6.07) is 61.5. The summed E-state index contributed by atoms with van der Waals surface area (Å²) in [5, 5.41) is 3.61. The van der Waals surface area contributed by atoms with Crippen LogP contribution in [0.2, 0.25) is 0 Å². The fourth-order valence-electron chi connectivity index (χ4n) is 11.2. The van der Waals surface area contributed by atoms with E-state index in [0.29, 0.717) is 0 Å². The maximum atomic E-state index is 7.33. The number of hydrogen-bond donors (Lipinski definition) is 0. The second-order valence-electron chi connectivity index (χ2n) is 20.5. The zero-order valence-electron chi connectivity index (χ0n) is 37.5. The van der Waals surface area contributed by atoms with Crippen molar-refractivity contribution in [1.82, 2.24) is 0 Å². The van der Waals surface area contributed by atoms with Crippen molar-refractivity contribution in [2.45, 2.75) is 71.6 Å². The summed E-state index contributed by atoms with van der Waals surface area (Å²) < 4.78 is 7.33. The molecule has 3 nitrogen and oxygen atoms in total. The minimum atomic E-state index is -0.257. The molecular weight excluding hydrogens is 763 g/mol. The molecule has 63 heavy (non-hydrogen) atoms. The molecule has 1 aromatic heterocycles. The number of rotatable bonds is 3. The summed E-state index contributed by atoms with van der Waals surface area (Å²) in [7, 11) is 0. The van der Waals surface area contributed by atoms with Crippen molar-refractivity contribution in [3.8, 4) is 33.4 Å². The van der Waals surface area contributed by atoms with Gasteiger partial charge in [0.15, 0.2) is 0 Å². The van der Waals surface area contributed by atoms with Gasteiger partial charge in [-0.15, -0.1) is 0 Å². The van der Waals surface area contributed by atoms with E-state index in [1.807, 2.05) is 0 Å². The van der Waals surface area contributed by atoms with Gasteiger partial charge < -0.3 is 9.23 Å². The molecule has 0 atom stereocenters. The van der Waals surface area contributed by atoms with Gasteiger partial charge in [-0.2, -0.15) is 0 Å². The van der Waals surface area contributed by atoms with Gasteiger partial charge in [-0.1, -0.05) is 183 Å². The third-order valence-corrected chi connectivity index (χ3v) is 14.3. The van der Waals surface area contributed by atoms with Crippen LogP contribution in [0.25, 0.3) is 55.1 Å². The van der Waals surface area contributed by atoms with Gasteiger partial charge in [0, 0.05) is 44.5 Å². The van der Waals surface area contributed by atoms with Crippen LogP contribution in [0.3, 0.4) is 0 Å². The van der Waals surface area contributed by atoms with E-state index in [1.165, 1.54) is 88.7 Å². The minimum absolute atomic E-state index is 0.0141. The Hall–Kier alpha value is -6.78. The van der Waals surface area contributed by atoms with E-state index in [9.17, 15) is 0 Å². The molecule has 1 aliphatic carbocycles. The first kappa shape index (κ1) is 37.9. The maximum absolute atomic E-state index is 7.33. The Bertz CT molecular complexity index is 3340. The van der Waals surface area contributed by atoms with E-state index < -0.39 is 0 Å². The van der Waals surface area contributed by atoms with Crippen molar-refractivity contribution in [2.24, 2.45) is 0 Å². The molecule has 4 heteroatoms. The summed E-state index contributed by atoms with van der Waals surface area (Å²) >= 11 is 0. The van der Waals surface area contributed by atoms with E-state index in [1.54, 1.807) is 0 Å². The van der Waals surface area contributed by atoms with Gasteiger partial charge in [0.2, 0.25) is 5.88 Å². The van der Waals surface area contributed by atoms with Crippen LogP contribution >= 0.6 is 0 Å². The van der Waals surface area contributed by atoms with Crippen molar-refractivity contribution in [3.63, 3.8) is 0 Å². The summed E-state index contributed by atoms with van der Waals surface area (Å²) in [4.78, 5) is 5.17. The molecule has 0 amide bonds. The third kappa shape index (κ3) is 5.40. The topological polar surface area (TPSA) is 19.6 Å². The highest BCUT2D eigenvalue weighted by molar-refractivity contribution is 6.95. The lowest BCUT2D eigenvalue weighted by Gasteiger charge is -2.46. The second kappa shape index (κ2) is 13.1. The summed E-state index contributed by atoms with van der Waals surface area (Å²) in [6.45, 7) is 18.5. The number of para-hydroxylation sites is 1. The molecule has 3 heterocycles. The first-order valence-corrected chi connectivity index (χ1v) is 22.6. The minimum Gasteiger partial charge on any atom is -0.440 e. The number of fused-ring (bicyclic) bond motifs is 12. The molecule has 0 radical (unpaired) electrons. The number of hydrogen-bond acceptors (Lipinski definition) is 3. The Labute approximate surface area is 371 Å². The molecule has 2 aliphatic heterocycles. The molecule has 8 aromatic carbocycles. The Morgan fingerprint density at radius 3 is 1.94 bits per heavy atom. The summed E-state index contributed by atoms with van der Waals surface area (Å²) in [5.41, 5.74) is 20.7. The number of anilines is 5. The number of nitrogens with zero attached hydrogens (tertiary/aromatic N) is 2. The van der Waals surface area contributed by atoms with Crippen LogP contribution < -0.4 is 20.6 Å². The molecule has 9 aromatic rings. The van der Waals surface area contributed by atoms with Crippen LogP contribution in [0.15, 0.2) is 168 Å². The van der Waals surface area contributed by atoms with E-state index in [-0.39, 0.29) is 23.1 Å². The Kier molecular flexibility index (Phi) is 7.91. The van der Waals surface area contributed by atoms with Crippen molar-refractivity contribution in [2.75, 3.05) is 9.71 Å². The van der Waals surface area contributed by atoms with Gasteiger partial charge in [-0.05, 0) is 108 Å². The van der Waals surface area contributed by atoms with Gasteiger partial charge in [-0.3, -0.25) is 4.90 Å². The molecule has 12 rings (SSSR count). The molecule has 0 N–H and O–H groups in total. The highest BCUT2D eigenvalue weighted by atomic mass is 16.4. The molecule has 0 spiro atoms. The number of benzene rings is 8. The largest absolute Gasteiger partial charge is 0.440 e. The Morgan fingerprint density at radius 2 is 1.17 bits per heavy atom. The van der Waals surface area contributed by atoms with Gasteiger partial charge >= 0.3 is 6.85 Å². The normalized spacial score (nSPS) is 14.7. The molecule has 0 fully saturated rings. The molecule has 0 bridgehead atoms. The van der Waals surface area contributed by atoms with Crippen molar-refractivity contribution >= 4 is 68.1 Å². The first-order valence-electron chi connectivity index (χ1n) is 22.6. The summed E-state index contributed by atoms with van der Waals surface area (Å²) in [5.74, 6) is 0.866. The molecule has 306 valence electrons. The van der Waals surface area contributed by atoms with Crippen molar-refractivity contribution in [3.05, 3.63) is 186 Å². The van der Waals surface area contributed by atoms with Crippen LogP contribution in [0.4, 0.5) is 28.6 Å². The Balaban J connectivity index is 1.26. The van der Waals surface area contributed by atoms with Crippen LogP contribution in [0.5, 0.6) is 0 Å². The van der Waals surface area contributed by atoms with Crippen LogP contribution in [-0.2, 0) is 16.2 Å². The van der Waals surface area contributed by atoms with Crippen LogP contribution in [-0.4, -0.2) is 6.85 Å². The average molecular weight is 815 g/mol. The van der Waals surface area contributed by atoms with Gasteiger partial charge in [0.05, 0.1) is 5.69 Å². The van der Waals surface area contributed by atoms with Crippen molar-refractivity contribution < 1.29 is 4.42 Å². The smallest absolute Gasteiger partial charge is 0.337 e. The predicted molar refractivity (Wildman–Crippen MR) is 268 cm³/mol. The second-order valence-corrected chi connectivity index (χ2v) is 20.5. The average Bonchev–Trinajstić information content (AvgIpc) is 3.78. The standard InChI is InChI=1S/C59H51BN2O/c1-57(2,3)38-26-29-40(30-27-38)62-55-45(32-31-43-42-22-14-16-24-47(42)59(7,8)52(43)55)51-41-21-13-12-20-37(41)34-49-54(51)60(62)53-44-23-15-17-25-50(44)63-56(53)61(49)48-33-28-39(58(4,5)6)35-46(48)36-18-10-9-11-19-36/h9-35H,1-8H3. The van der Waals surface area contributed by atoms with E-state index in [4.69, 9.17) is 4.42 Å². The number of furan rings is 1. The van der Waals surface area contributed by atoms with E-state index in [2.05, 4.69) is 229 Å². The molecule has 0 unspecified atom stereocenters. The fourth-order valence-corrected chi connectivity index (χ4v) is 11.2. The van der Waals surface area contributed by atoms with Crippen LogP contribution in [0, 0.1) is 0 Å². The zero-order valence-corrected chi connectivity index (χ0v) is 37.5. The van der Waals surface area contributed by atoms with Gasteiger partial charge in [-0.25, -0.2) is 0 Å². The fraction of sp³-hybridized carbons (Fsp3) is 0.186. The molecule has 0 saturated carbocycles. The van der Waals surface area contributed by atoms with E-state index >= 15 is 0 Å². The molecular formula is C59H51BN2O. The van der Waals surface area contributed by atoms with Crippen molar-refractivity contribution in [1.29, 1.82) is 0 Å². The van der Waals surface area contributed by atoms with E-state index in [0.717, 1.165) is 28.2 Å². The summed E-state index contributed by atoms with van der Waals surface area (Å²) in [6.07, 6.45) is 0. The molecule has 0 saturated heterocycles. The lowest BCUT2D eigenvalue weighted by Crippen LogP contribution is -2.61. The zero-order chi connectivity index (χ0) is 43.2.